The molecule has 0 aromatic rings. The van der Waals surface area contributed by atoms with Gasteiger partial charge < -0.3 is 5.11 Å². The minimum atomic E-state index is 0.364. The van der Waals surface area contributed by atoms with Gasteiger partial charge in [-0.3, -0.25) is 0 Å². The van der Waals surface area contributed by atoms with E-state index in [-0.39, 0.29) is 0 Å². The largest absolute Gasteiger partial charge is 0.396 e. The smallest absolute Gasteiger partial charge is 0.0431 e. The monoisotopic (exact) mass is 340 g/mol. The van der Waals surface area contributed by atoms with Gasteiger partial charge in [0.05, 0.1) is 0 Å². The number of unbranched alkanes of at least 4 members (excludes halogenated alkanes) is 15. The summed E-state index contributed by atoms with van der Waals surface area (Å²) in [6, 6.07) is 0. The standard InChI is InChI=1S/C23H48O/c1-3-4-5-6-7-8-9-10-11-12-13-14-15-16-17-18-20-23(2)21-19-22-24/h23-24H,3-22H2,1-2H3/t23-/m1/s1. The third-order valence-corrected chi connectivity index (χ3v) is 5.41. The fourth-order valence-corrected chi connectivity index (χ4v) is 3.62. The molecule has 1 heteroatoms. The van der Waals surface area contributed by atoms with Crippen molar-refractivity contribution in [3.05, 3.63) is 0 Å². The van der Waals surface area contributed by atoms with E-state index >= 15 is 0 Å². The zero-order valence-corrected chi connectivity index (χ0v) is 17.2. The van der Waals surface area contributed by atoms with E-state index in [1.807, 2.05) is 0 Å². The third-order valence-electron chi connectivity index (χ3n) is 5.41. The molecule has 0 aliphatic rings. The van der Waals surface area contributed by atoms with Gasteiger partial charge in [0, 0.05) is 6.61 Å². The SMILES string of the molecule is CCCCCCCCCCCCCCCCCC[C@@H](C)CCCO. The van der Waals surface area contributed by atoms with Crippen LogP contribution in [-0.4, -0.2) is 11.7 Å². The van der Waals surface area contributed by atoms with Crippen LogP contribution < -0.4 is 0 Å². The molecule has 0 heterocycles. The van der Waals surface area contributed by atoms with Crippen LogP contribution in [0.1, 0.15) is 136 Å². The summed E-state index contributed by atoms with van der Waals surface area (Å²) in [6.45, 7) is 4.99. The van der Waals surface area contributed by atoms with Gasteiger partial charge in [0.25, 0.3) is 0 Å². The summed E-state index contributed by atoms with van der Waals surface area (Å²) in [5.74, 6) is 0.809. The summed E-state index contributed by atoms with van der Waals surface area (Å²) in [5.41, 5.74) is 0. The lowest BCUT2D eigenvalue weighted by molar-refractivity contribution is 0.270. The molecule has 0 radical (unpaired) electrons. The Balaban J connectivity index is 3.02. The number of hydrogen-bond acceptors (Lipinski definition) is 1. The summed E-state index contributed by atoms with van der Waals surface area (Å²) in [4.78, 5) is 0. The Morgan fingerprint density at radius 3 is 1.21 bits per heavy atom. The Hall–Kier alpha value is -0.0400. The molecule has 0 bridgehead atoms. The molecule has 0 saturated carbocycles. The Kier molecular flexibility index (Phi) is 21.0. The summed E-state index contributed by atoms with van der Waals surface area (Å²) in [5, 5.41) is 8.83. The fourth-order valence-electron chi connectivity index (χ4n) is 3.62. The van der Waals surface area contributed by atoms with Crippen LogP contribution >= 0.6 is 0 Å². The Morgan fingerprint density at radius 2 is 0.833 bits per heavy atom. The van der Waals surface area contributed by atoms with Crippen LogP contribution in [0.5, 0.6) is 0 Å². The van der Waals surface area contributed by atoms with Crippen LogP contribution in [0.3, 0.4) is 0 Å². The van der Waals surface area contributed by atoms with Crippen molar-refractivity contribution in [1.29, 1.82) is 0 Å². The molecule has 1 atom stereocenters. The lowest BCUT2D eigenvalue weighted by Crippen LogP contribution is -1.96. The van der Waals surface area contributed by atoms with Crippen LogP contribution in [0, 0.1) is 5.92 Å². The van der Waals surface area contributed by atoms with Gasteiger partial charge in [0.15, 0.2) is 0 Å². The molecule has 146 valence electrons. The minimum absolute atomic E-state index is 0.364. The minimum Gasteiger partial charge on any atom is -0.396 e. The van der Waals surface area contributed by atoms with Crippen LogP contribution in [0.25, 0.3) is 0 Å². The quantitative estimate of drug-likeness (QED) is 0.222. The van der Waals surface area contributed by atoms with Crippen molar-refractivity contribution in [3.63, 3.8) is 0 Å². The predicted octanol–water partition coefficient (Wildman–Crippen LogP) is 8.05. The second-order valence-electron chi connectivity index (χ2n) is 8.06. The lowest BCUT2D eigenvalue weighted by atomic mass is 9.97. The molecule has 1 N–H and O–H groups in total. The number of hydrogen-bond donors (Lipinski definition) is 1. The predicted molar refractivity (Wildman–Crippen MR) is 110 cm³/mol. The number of aliphatic hydroxyl groups excluding tert-OH is 1. The molecule has 0 fully saturated rings. The second-order valence-corrected chi connectivity index (χ2v) is 8.06. The van der Waals surface area contributed by atoms with Gasteiger partial charge in [-0.05, 0) is 18.8 Å². The highest BCUT2D eigenvalue weighted by atomic mass is 16.2. The van der Waals surface area contributed by atoms with Crippen molar-refractivity contribution in [2.45, 2.75) is 136 Å². The molecule has 0 amide bonds. The van der Waals surface area contributed by atoms with Gasteiger partial charge >= 0.3 is 0 Å². The molecule has 0 saturated heterocycles. The zero-order chi connectivity index (χ0) is 17.7. The third kappa shape index (κ3) is 20.0. The number of rotatable bonds is 20. The maximum atomic E-state index is 8.83. The molecule has 0 rings (SSSR count). The van der Waals surface area contributed by atoms with Gasteiger partial charge in [-0.25, -0.2) is 0 Å². The van der Waals surface area contributed by atoms with Gasteiger partial charge in [0.1, 0.15) is 0 Å². The lowest BCUT2D eigenvalue weighted by Gasteiger charge is -2.09. The molecule has 0 aromatic heterocycles. The van der Waals surface area contributed by atoms with Crippen LogP contribution in [0.2, 0.25) is 0 Å². The molecule has 0 aromatic carbocycles. The van der Waals surface area contributed by atoms with Crippen molar-refractivity contribution >= 4 is 0 Å². The van der Waals surface area contributed by atoms with Crippen molar-refractivity contribution in [2.24, 2.45) is 5.92 Å². The highest BCUT2D eigenvalue weighted by Gasteiger charge is 2.01. The van der Waals surface area contributed by atoms with Crippen molar-refractivity contribution < 1.29 is 5.11 Å². The Labute approximate surface area is 154 Å². The average molecular weight is 341 g/mol. The Bertz CT molecular complexity index is 214. The Morgan fingerprint density at radius 1 is 0.500 bits per heavy atom. The molecule has 0 spiro atoms. The van der Waals surface area contributed by atoms with Crippen LogP contribution in [0.4, 0.5) is 0 Å². The first-order chi connectivity index (χ1) is 11.8. The molecule has 0 aliphatic carbocycles. The van der Waals surface area contributed by atoms with Crippen molar-refractivity contribution in [1.82, 2.24) is 0 Å². The van der Waals surface area contributed by atoms with Crippen molar-refractivity contribution in [2.75, 3.05) is 6.61 Å². The molecule has 24 heavy (non-hydrogen) atoms. The first-order valence-electron chi connectivity index (χ1n) is 11.4. The van der Waals surface area contributed by atoms with Crippen LogP contribution in [-0.2, 0) is 0 Å². The second kappa shape index (κ2) is 21.0. The average Bonchev–Trinajstić information content (AvgIpc) is 2.59. The summed E-state index contributed by atoms with van der Waals surface area (Å²) >= 11 is 0. The normalized spacial score (nSPS) is 12.6. The first-order valence-corrected chi connectivity index (χ1v) is 11.4. The topological polar surface area (TPSA) is 20.2 Å². The van der Waals surface area contributed by atoms with E-state index in [9.17, 15) is 0 Å². The van der Waals surface area contributed by atoms with E-state index in [4.69, 9.17) is 5.11 Å². The molecule has 0 unspecified atom stereocenters. The summed E-state index contributed by atoms with van der Waals surface area (Å²) < 4.78 is 0. The van der Waals surface area contributed by atoms with Gasteiger partial charge in [0.2, 0.25) is 0 Å². The zero-order valence-electron chi connectivity index (χ0n) is 17.2. The highest BCUT2D eigenvalue weighted by Crippen LogP contribution is 2.17. The van der Waals surface area contributed by atoms with Gasteiger partial charge in [-0.2, -0.15) is 0 Å². The first kappa shape index (κ1) is 24.0. The summed E-state index contributed by atoms with van der Waals surface area (Å²) in [7, 11) is 0. The van der Waals surface area contributed by atoms with Crippen LogP contribution in [0.15, 0.2) is 0 Å². The van der Waals surface area contributed by atoms with Crippen molar-refractivity contribution in [3.8, 4) is 0 Å². The molecular formula is C23H48O. The van der Waals surface area contributed by atoms with E-state index in [1.165, 1.54) is 116 Å². The van der Waals surface area contributed by atoms with E-state index < -0.39 is 0 Å². The molecular weight excluding hydrogens is 292 g/mol. The van der Waals surface area contributed by atoms with Gasteiger partial charge in [-0.1, -0.05) is 123 Å². The van der Waals surface area contributed by atoms with E-state index in [0.717, 1.165) is 12.3 Å². The van der Waals surface area contributed by atoms with E-state index in [0.29, 0.717) is 6.61 Å². The van der Waals surface area contributed by atoms with Gasteiger partial charge in [-0.15, -0.1) is 0 Å². The highest BCUT2D eigenvalue weighted by molar-refractivity contribution is 4.55. The molecule has 1 nitrogen and oxygen atoms in total. The number of aliphatic hydroxyl groups is 1. The fraction of sp³-hybridized carbons (Fsp3) is 1.00. The summed E-state index contributed by atoms with van der Waals surface area (Å²) in [6.07, 6.45) is 26.7. The maximum Gasteiger partial charge on any atom is 0.0431 e. The molecule has 0 aliphatic heterocycles. The van der Waals surface area contributed by atoms with E-state index in [2.05, 4.69) is 13.8 Å². The van der Waals surface area contributed by atoms with E-state index in [1.54, 1.807) is 0 Å². The maximum absolute atomic E-state index is 8.83.